The summed E-state index contributed by atoms with van der Waals surface area (Å²) in [5, 5.41) is 10.8. The number of benzene rings is 1. The summed E-state index contributed by atoms with van der Waals surface area (Å²) in [5.41, 5.74) is 0.429. The summed E-state index contributed by atoms with van der Waals surface area (Å²) in [4.78, 5) is 16.5. The number of amides is 1. The van der Waals surface area contributed by atoms with Crippen LogP contribution in [0.3, 0.4) is 0 Å². The molecule has 6 nitrogen and oxygen atoms in total. The fourth-order valence-corrected chi connectivity index (χ4v) is 2.51. The molecule has 0 bridgehead atoms. The first-order chi connectivity index (χ1) is 10.8. The van der Waals surface area contributed by atoms with E-state index in [-0.39, 0.29) is 17.1 Å². The van der Waals surface area contributed by atoms with Gasteiger partial charge >= 0.3 is 0 Å². The molecule has 0 aliphatic heterocycles. The normalized spacial score (nSPS) is 11.3. The van der Waals surface area contributed by atoms with Crippen LogP contribution in [0.25, 0.3) is 0 Å². The summed E-state index contributed by atoms with van der Waals surface area (Å²) in [6, 6.07) is 5.05. The zero-order valence-corrected chi connectivity index (χ0v) is 15.0. The Morgan fingerprint density at radius 2 is 2.17 bits per heavy atom. The predicted octanol–water partition coefficient (Wildman–Crippen LogP) is 3.50. The first-order valence-corrected chi connectivity index (χ1v) is 8.35. The van der Waals surface area contributed by atoms with Crippen LogP contribution in [0.5, 0.6) is 5.75 Å². The highest BCUT2D eigenvalue weighted by atomic mass is 35.5. The summed E-state index contributed by atoms with van der Waals surface area (Å²) >= 11 is 7.20. The maximum Gasteiger partial charge on any atom is 0.234 e. The number of ether oxygens (including phenoxy) is 1. The number of carbonyl (C=O) groups is 1. The van der Waals surface area contributed by atoms with Crippen molar-refractivity contribution in [1.82, 2.24) is 15.2 Å². The van der Waals surface area contributed by atoms with Crippen molar-refractivity contribution >= 4 is 35.0 Å². The van der Waals surface area contributed by atoms with E-state index in [9.17, 15) is 4.79 Å². The summed E-state index contributed by atoms with van der Waals surface area (Å²) in [6.45, 7) is 6.13. The van der Waals surface area contributed by atoms with Gasteiger partial charge in [-0.1, -0.05) is 44.1 Å². The predicted molar refractivity (Wildman–Crippen MR) is 92.4 cm³/mol. The molecule has 1 heterocycles. The summed E-state index contributed by atoms with van der Waals surface area (Å²) in [5.74, 6) is 1.35. The smallest absolute Gasteiger partial charge is 0.234 e. The molecule has 1 aromatic heterocycles. The second kappa shape index (κ2) is 7.23. The number of anilines is 1. The van der Waals surface area contributed by atoms with Crippen LogP contribution < -0.4 is 10.1 Å². The highest BCUT2D eigenvalue weighted by molar-refractivity contribution is 7.99. The lowest BCUT2D eigenvalue weighted by molar-refractivity contribution is -0.113. The SMILES string of the molecule is COc1ccc(Cl)cc1NC(=O)CSc1n[nH]c(C(C)(C)C)n1. The van der Waals surface area contributed by atoms with Crippen molar-refractivity contribution in [2.45, 2.75) is 31.3 Å². The molecule has 0 saturated heterocycles. The van der Waals surface area contributed by atoms with Gasteiger partial charge < -0.3 is 10.1 Å². The third-order valence-corrected chi connectivity index (χ3v) is 4.03. The Kier molecular flexibility index (Phi) is 5.54. The highest BCUT2D eigenvalue weighted by Crippen LogP contribution is 2.28. The molecule has 124 valence electrons. The van der Waals surface area contributed by atoms with Gasteiger partial charge in [0.25, 0.3) is 0 Å². The minimum Gasteiger partial charge on any atom is -0.495 e. The monoisotopic (exact) mass is 354 g/mol. The lowest BCUT2D eigenvalue weighted by atomic mass is 9.96. The molecule has 0 atom stereocenters. The van der Waals surface area contributed by atoms with Crippen molar-refractivity contribution < 1.29 is 9.53 Å². The third-order valence-electron chi connectivity index (χ3n) is 2.94. The average Bonchev–Trinajstić information content (AvgIpc) is 2.94. The molecule has 0 aliphatic rings. The van der Waals surface area contributed by atoms with Crippen LogP contribution in [0.15, 0.2) is 23.4 Å². The first kappa shape index (κ1) is 17.6. The summed E-state index contributed by atoms with van der Waals surface area (Å²) < 4.78 is 5.19. The van der Waals surface area contributed by atoms with Crippen LogP contribution in [0.1, 0.15) is 26.6 Å². The van der Waals surface area contributed by atoms with Crippen LogP contribution in [0.4, 0.5) is 5.69 Å². The maximum absolute atomic E-state index is 12.1. The Labute approximate surface area is 144 Å². The molecule has 1 amide bonds. The van der Waals surface area contributed by atoms with Crippen molar-refractivity contribution in [3.8, 4) is 5.75 Å². The van der Waals surface area contributed by atoms with Crippen LogP contribution in [0.2, 0.25) is 5.02 Å². The van der Waals surface area contributed by atoms with Gasteiger partial charge in [-0.05, 0) is 18.2 Å². The second-order valence-corrected chi connectivity index (χ2v) is 7.28. The average molecular weight is 355 g/mol. The Morgan fingerprint density at radius 1 is 1.43 bits per heavy atom. The number of aromatic nitrogens is 3. The number of nitrogens with zero attached hydrogens (tertiary/aromatic N) is 2. The van der Waals surface area contributed by atoms with Gasteiger partial charge in [-0.25, -0.2) is 4.98 Å². The van der Waals surface area contributed by atoms with Crippen LogP contribution >= 0.6 is 23.4 Å². The van der Waals surface area contributed by atoms with Crippen molar-refractivity contribution in [1.29, 1.82) is 0 Å². The van der Waals surface area contributed by atoms with Crippen LogP contribution in [0, 0.1) is 0 Å². The number of hydrogen-bond donors (Lipinski definition) is 2. The van der Waals surface area contributed by atoms with Gasteiger partial charge in [-0.15, -0.1) is 5.10 Å². The molecule has 0 saturated carbocycles. The maximum atomic E-state index is 12.1. The van der Waals surface area contributed by atoms with E-state index in [2.05, 4.69) is 20.5 Å². The molecular weight excluding hydrogens is 336 g/mol. The lowest BCUT2D eigenvalue weighted by Gasteiger charge is -2.12. The molecule has 1 aromatic carbocycles. The minimum atomic E-state index is -0.183. The Morgan fingerprint density at radius 3 is 2.78 bits per heavy atom. The third kappa shape index (κ3) is 4.87. The number of carbonyl (C=O) groups excluding carboxylic acids is 1. The van der Waals surface area contributed by atoms with Crippen LogP contribution in [-0.2, 0) is 10.2 Å². The van der Waals surface area contributed by atoms with Gasteiger partial charge in [0, 0.05) is 10.4 Å². The van der Waals surface area contributed by atoms with E-state index < -0.39 is 0 Å². The number of thioether (sulfide) groups is 1. The van der Waals surface area contributed by atoms with Gasteiger partial charge in [-0.2, -0.15) is 0 Å². The van der Waals surface area contributed by atoms with Gasteiger partial charge in [0.05, 0.1) is 18.6 Å². The summed E-state index contributed by atoms with van der Waals surface area (Å²) in [7, 11) is 1.54. The Balaban J connectivity index is 1.95. The van der Waals surface area contributed by atoms with Crippen molar-refractivity contribution in [2.24, 2.45) is 0 Å². The van der Waals surface area contributed by atoms with Crippen molar-refractivity contribution in [3.05, 3.63) is 29.0 Å². The molecular formula is C15H19ClN4O2S. The fourth-order valence-electron chi connectivity index (χ4n) is 1.74. The topological polar surface area (TPSA) is 79.9 Å². The number of hydrogen-bond acceptors (Lipinski definition) is 5. The van der Waals surface area contributed by atoms with E-state index in [4.69, 9.17) is 16.3 Å². The molecule has 0 spiro atoms. The summed E-state index contributed by atoms with van der Waals surface area (Å²) in [6.07, 6.45) is 0. The molecule has 0 radical (unpaired) electrons. The number of H-pyrrole nitrogens is 1. The van der Waals surface area contributed by atoms with Gasteiger partial charge in [0.15, 0.2) is 0 Å². The highest BCUT2D eigenvalue weighted by Gasteiger charge is 2.19. The van der Waals surface area contributed by atoms with E-state index >= 15 is 0 Å². The van der Waals surface area contributed by atoms with Crippen molar-refractivity contribution in [3.63, 3.8) is 0 Å². The first-order valence-electron chi connectivity index (χ1n) is 6.98. The molecule has 2 N–H and O–H groups in total. The Bertz CT molecular complexity index is 697. The molecule has 0 aliphatic carbocycles. The van der Waals surface area contributed by atoms with E-state index in [1.54, 1.807) is 18.2 Å². The van der Waals surface area contributed by atoms with Gasteiger partial charge in [0.2, 0.25) is 11.1 Å². The zero-order valence-electron chi connectivity index (χ0n) is 13.4. The minimum absolute atomic E-state index is 0.109. The zero-order chi connectivity index (χ0) is 17.0. The van der Waals surface area contributed by atoms with Crippen molar-refractivity contribution in [2.75, 3.05) is 18.2 Å². The molecule has 0 unspecified atom stereocenters. The molecule has 0 fully saturated rings. The lowest BCUT2D eigenvalue weighted by Crippen LogP contribution is -2.15. The quantitative estimate of drug-likeness (QED) is 0.803. The number of nitrogens with one attached hydrogen (secondary N) is 2. The van der Waals surface area contributed by atoms with E-state index in [1.165, 1.54) is 18.9 Å². The molecule has 2 aromatic rings. The molecule has 8 heteroatoms. The number of aromatic amines is 1. The number of rotatable bonds is 5. The molecule has 23 heavy (non-hydrogen) atoms. The standard InChI is InChI=1S/C15H19ClN4O2S/c1-15(2,3)13-18-14(20-19-13)23-8-12(21)17-10-7-9(16)5-6-11(10)22-4/h5-7H,8H2,1-4H3,(H,17,21)(H,18,19,20). The van der Waals surface area contributed by atoms with Gasteiger partial charge in [0.1, 0.15) is 11.6 Å². The Hall–Kier alpha value is -1.73. The number of halogens is 1. The van der Waals surface area contributed by atoms with Gasteiger partial charge in [-0.3, -0.25) is 9.89 Å². The number of methoxy groups -OCH3 is 1. The largest absolute Gasteiger partial charge is 0.495 e. The van der Waals surface area contributed by atoms with E-state index in [0.717, 1.165) is 5.82 Å². The van der Waals surface area contributed by atoms with Crippen LogP contribution in [-0.4, -0.2) is 34.0 Å². The molecule has 2 rings (SSSR count). The second-order valence-electron chi connectivity index (χ2n) is 5.90. The fraction of sp³-hybridized carbons (Fsp3) is 0.400. The van der Waals surface area contributed by atoms with E-state index in [1.807, 2.05) is 20.8 Å². The van der Waals surface area contributed by atoms with E-state index in [0.29, 0.717) is 21.6 Å².